The van der Waals surface area contributed by atoms with Crippen molar-refractivity contribution < 1.29 is 9.90 Å². The molecule has 120 valence electrons. The Morgan fingerprint density at radius 2 is 2.23 bits per heavy atom. The van der Waals surface area contributed by atoms with E-state index >= 15 is 0 Å². The topological polar surface area (TPSA) is 43.8 Å². The lowest BCUT2D eigenvalue weighted by Gasteiger charge is -2.32. The van der Waals surface area contributed by atoms with E-state index in [1.165, 1.54) is 5.56 Å². The summed E-state index contributed by atoms with van der Waals surface area (Å²) in [5.41, 5.74) is 1.19. The minimum atomic E-state index is -0.218. The summed E-state index contributed by atoms with van der Waals surface area (Å²) in [6, 6.07) is 9.91. The Bertz CT molecular complexity index is 489. The smallest absolute Gasteiger partial charge is 0.240 e. The first-order chi connectivity index (χ1) is 10.7. The van der Waals surface area contributed by atoms with Gasteiger partial charge in [0.1, 0.15) is 0 Å². The van der Waals surface area contributed by atoms with Crippen LogP contribution in [-0.4, -0.2) is 53.1 Å². The number of likely N-dealkylation sites (tertiary alicyclic amines) is 1. The maximum absolute atomic E-state index is 12.9. The average molecular weight is 302 g/mol. The fourth-order valence-corrected chi connectivity index (χ4v) is 3.12. The molecular formula is C18H26N2O2. The van der Waals surface area contributed by atoms with E-state index in [9.17, 15) is 9.90 Å². The number of hydrogen-bond acceptors (Lipinski definition) is 3. The number of carbonyl (C=O) groups is 1. The third-order valence-corrected chi connectivity index (χ3v) is 4.35. The summed E-state index contributed by atoms with van der Waals surface area (Å²) < 4.78 is 0. The molecular weight excluding hydrogens is 276 g/mol. The van der Waals surface area contributed by atoms with Gasteiger partial charge in [-0.05, 0) is 31.9 Å². The first-order valence-corrected chi connectivity index (χ1v) is 7.93. The zero-order valence-corrected chi connectivity index (χ0v) is 13.3. The lowest BCUT2D eigenvalue weighted by Crippen LogP contribution is -2.49. The summed E-state index contributed by atoms with van der Waals surface area (Å²) in [6.07, 6.45) is 4.29. The highest BCUT2D eigenvalue weighted by atomic mass is 16.3. The molecule has 1 aliphatic heterocycles. The Morgan fingerprint density at radius 1 is 1.50 bits per heavy atom. The van der Waals surface area contributed by atoms with Crippen LogP contribution in [0.3, 0.4) is 0 Å². The Labute approximate surface area is 133 Å². The van der Waals surface area contributed by atoms with Crippen LogP contribution < -0.4 is 0 Å². The van der Waals surface area contributed by atoms with Crippen molar-refractivity contribution >= 4 is 5.91 Å². The SMILES string of the molecule is C=CC[C@@H](C(=O)N1CCC[C@H]1CO)N(C)Cc1ccccc1. The zero-order valence-electron chi connectivity index (χ0n) is 13.3. The van der Waals surface area contributed by atoms with Gasteiger partial charge >= 0.3 is 0 Å². The predicted octanol–water partition coefficient (Wildman–Crippen LogP) is 2.05. The number of amides is 1. The molecule has 4 heteroatoms. The molecule has 0 bridgehead atoms. The highest BCUT2D eigenvalue weighted by molar-refractivity contribution is 5.82. The van der Waals surface area contributed by atoms with Crippen LogP contribution in [0.5, 0.6) is 0 Å². The Balaban J connectivity index is 2.07. The van der Waals surface area contributed by atoms with Gasteiger partial charge in [-0.1, -0.05) is 36.4 Å². The highest BCUT2D eigenvalue weighted by Gasteiger charge is 2.33. The Hall–Kier alpha value is -1.65. The van der Waals surface area contributed by atoms with Crippen molar-refractivity contribution in [3.8, 4) is 0 Å². The molecule has 2 atom stereocenters. The second-order valence-electron chi connectivity index (χ2n) is 5.95. The standard InChI is InChI=1S/C18H26N2O2/c1-3-8-17(18(22)20-12-7-11-16(20)14-21)19(2)13-15-9-5-4-6-10-15/h3-6,9-10,16-17,21H,1,7-8,11-14H2,2H3/t16-,17-/m0/s1. The summed E-state index contributed by atoms with van der Waals surface area (Å²) in [5, 5.41) is 9.44. The second-order valence-corrected chi connectivity index (χ2v) is 5.95. The number of benzene rings is 1. The van der Waals surface area contributed by atoms with Gasteiger partial charge in [0.15, 0.2) is 0 Å². The summed E-state index contributed by atoms with van der Waals surface area (Å²) >= 11 is 0. The van der Waals surface area contributed by atoms with Crippen LogP contribution in [0.4, 0.5) is 0 Å². The molecule has 0 saturated carbocycles. The third kappa shape index (κ3) is 3.96. The number of nitrogens with zero attached hydrogens (tertiary/aromatic N) is 2. The van der Waals surface area contributed by atoms with Crippen LogP contribution in [0, 0.1) is 0 Å². The van der Waals surface area contributed by atoms with Crippen molar-refractivity contribution in [3.63, 3.8) is 0 Å². The minimum absolute atomic E-state index is 0.0232. The molecule has 1 N–H and O–H groups in total. The van der Waals surface area contributed by atoms with E-state index < -0.39 is 0 Å². The molecule has 22 heavy (non-hydrogen) atoms. The van der Waals surface area contributed by atoms with Crippen molar-refractivity contribution in [1.29, 1.82) is 0 Å². The zero-order chi connectivity index (χ0) is 15.9. The summed E-state index contributed by atoms with van der Waals surface area (Å²) in [5.74, 6) is 0.106. The first kappa shape index (κ1) is 16.7. The maximum atomic E-state index is 12.9. The molecule has 0 aromatic heterocycles. The van der Waals surface area contributed by atoms with Gasteiger partial charge in [0.05, 0.1) is 18.7 Å². The number of carbonyl (C=O) groups excluding carboxylic acids is 1. The van der Waals surface area contributed by atoms with Crippen LogP contribution in [0.1, 0.15) is 24.8 Å². The molecule has 0 aliphatic carbocycles. The van der Waals surface area contributed by atoms with Gasteiger partial charge in [-0.15, -0.1) is 6.58 Å². The average Bonchev–Trinajstić information content (AvgIpc) is 3.01. The van der Waals surface area contributed by atoms with E-state index in [4.69, 9.17) is 0 Å². The number of likely N-dealkylation sites (N-methyl/N-ethyl adjacent to an activating group) is 1. The van der Waals surface area contributed by atoms with Crippen LogP contribution in [0.15, 0.2) is 43.0 Å². The molecule has 1 aromatic carbocycles. The summed E-state index contributed by atoms with van der Waals surface area (Å²) in [6.45, 7) is 5.31. The van der Waals surface area contributed by atoms with E-state index in [1.807, 2.05) is 30.1 Å². The van der Waals surface area contributed by atoms with Gasteiger partial charge in [0.2, 0.25) is 5.91 Å². The van der Waals surface area contributed by atoms with Crippen LogP contribution in [0.2, 0.25) is 0 Å². The predicted molar refractivity (Wildman–Crippen MR) is 88.3 cm³/mol. The molecule has 1 aromatic rings. The molecule has 0 unspecified atom stereocenters. The minimum Gasteiger partial charge on any atom is -0.394 e. The van der Waals surface area contributed by atoms with Gasteiger partial charge in [-0.3, -0.25) is 9.69 Å². The Morgan fingerprint density at radius 3 is 2.86 bits per heavy atom. The fraction of sp³-hybridized carbons (Fsp3) is 0.500. The number of aliphatic hydroxyl groups excluding tert-OH is 1. The van der Waals surface area contributed by atoms with E-state index in [0.29, 0.717) is 6.42 Å². The van der Waals surface area contributed by atoms with E-state index in [-0.39, 0.29) is 24.6 Å². The molecule has 1 amide bonds. The molecule has 2 rings (SSSR count). The lowest BCUT2D eigenvalue weighted by atomic mass is 10.1. The highest BCUT2D eigenvalue weighted by Crippen LogP contribution is 2.21. The Kier molecular flexibility index (Phi) is 6.16. The van der Waals surface area contributed by atoms with Crippen LogP contribution in [-0.2, 0) is 11.3 Å². The molecule has 1 aliphatic rings. The van der Waals surface area contributed by atoms with Gasteiger partial charge < -0.3 is 10.0 Å². The third-order valence-electron chi connectivity index (χ3n) is 4.35. The van der Waals surface area contributed by atoms with E-state index in [1.54, 1.807) is 6.08 Å². The molecule has 4 nitrogen and oxygen atoms in total. The quantitative estimate of drug-likeness (QED) is 0.784. The summed E-state index contributed by atoms with van der Waals surface area (Å²) in [7, 11) is 1.98. The van der Waals surface area contributed by atoms with Gasteiger partial charge in [0.25, 0.3) is 0 Å². The van der Waals surface area contributed by atoms with Crippen molar-refractivity contribution in [2.45, 2.75) is 37.9 Å². The van der Waals surface area contributed by atoms with Crippen molar-refractivity contribution in [2.24, 2.45) is 0 Å². The van der Waals surface area contributed by atoms with Crippen molar-refractivity contribution in [3.05, 3.63) is 48.6 Å². The molecule has 0 spiro atoms. The summed E-state index contributed by atoms with van der Waals surface area (Å²) in [4.78, 5) is 16.8. The van der Waals surface area contributed by atoms with E-state index in [2.05, 4.69) is 23.6 Å². The van der Waals surface area contributed by atoms with Gasteiger partial charge in [0, 0.05) is 13.1 Å². The van der Waals surface area contributed by atoms with Gasteiger partial charge in [-0.25, -0.2) is 0 Å². The monoisotopic (exact) mass is 302 g/mol. The normalized spacial score (nSPS) is 19.4. The van der Waals surface area contributed by atoms with Gasteiger partial charge in [-0.2, -0.15) is 0 Å². The van der Waals surface area contributed by atoms with Crippen LogP contribution >= 0.6 is 0 Å². The number of rotatable bonds is 7. The second kappa shape index (κ2) is 8.11. The lowest BCUT2D eigenvalue weighted by molar-refractivity contribution is -0.138. The molecule has 0 radical (unpaired) electrons. The number of aliphatic hydroxyl groups is 1. The van der Waals surface area contributed by atoms with Crippen LogP contribution in [0.25, 0.3) is 0 Å². The largest absolute Gasteiger partial charge is 0.394 e. The van der Waals surface area contributed by atoms with Crippen molar-refractivity contribution in [1.82, 2.24) is 9.80 Å². The number of hydrogen-bond donors (Lipinski definition) is 1. The molecule has 1 saturated heterocycles. The molecule has 1 heterocycles. The molecule has 1 fully saturated rings. The first-order valence-electron chi connectivity index (χ1n) is 7.93. The van der Waals surface area contributed by atoms with E-state index in [0.717, 1.165) is 25.9 Å². The maximum Gasteiger partial charge on any atom is 0.240 e. The van der Waals surface area contributed by atoms with Crippen molar-refractivity contribution in [2.75, 3.05) is 20.2 Å². The fourth-order valence-electron chi connectivity index (χ4n) is 3.12.